The number of nitrogens with zero attached hydrogens (tertiary/aromatic N) is 2. The normalized spacial score (nSPS) is 23.6. The Morgan fingerprint density at radius 1 is 1.35 bits per heavy atom. The summed E-state index contributed by atoms with van der Waals surface area (Å²) in [5.74, 6) is -0.808. The summed E-state index contributed by atoms with van der Waals surface area (Å²) in [4.78, 5) is 42.8. The van der Waals surface area contributed by atoms with E-state index in [0.717, 1.165) is 12.8 Å². The number of likely N-dealkylation sites (N-methyl/N-ethyl adjacent to an activating group) is 1. The first-order valence-electron chi connectivity index (χ1n) is 10.9. The number of amides is 3. The summed E-state index contributed by atoms with van der Waals surface area (Å²) in [6.45, 7) is 4.33. The number of hydrogen-bond acceptors (Lipinski definition) is 5. The molecule has 0 saturated carbocycles. The van der Waals surface area contributed by atoms with Crippen LogP contribution in [0, 0.1) is 0 Å². The van der Waals surface area contributed by atoms with Crippen LogP contribution in [0.15, 0.2) is 24.3 Å². The molecule has 170 valence electrons. The summed E-state index contributed by atoms with van der Waals surface area (Å²) >= 11 is 6.47. The molecule has 3 amide bonds. The van der Waals surface area contributed by atoms with Gasteiger partial charge in [0.05, 0.1) is 11.5 Å². The van der Waals surface area contributed by atoms with Gasteiger partial charge in [0.1, 0.15) is 0 Å². The van der Waals surface area contributed by atoms with Crippen molar-refractivity contribution >= 4 is 29.3 Å². The van der Waals surface area contributed by atoms with E-state index in [2.05, 4.69) is 0 Å². The second-order valence-corrected chi connectivity index (χ2v) is 8.59. The van der Waals surface area contributed by atoms with Crippen molar-refractivity contribution in [2.45, 2.75) is 50.5 Å². The van der Waals surface area contributed by atoms with Crippen molar-refractivity contribution in [3.8, 4) is 0 Å². The lowest BCUT2D eigenvalue weighted by Crippen LogP contribution is -2.45. The molecule has 2 aliphatic heterocycles. The van der Waals surface area contributed by atoms with Gasteiger partial charge in [0.15, 0.2) is 0 Å². The Hall–Kier alpha value is -1.96. The molecule has 0 N–H and O–H groups in total. The van der Waals surface area contributed by atoms with Gasteiger partial charge < -0.3 is 14.4 Å². The molecule has 31 heavy (non-hydrogen) atoms. The summed E-state index contributed by atoms with van der Waals surface area (Å²) in [7, 11) is 1.58. The fourth-order valence-electron chi connectivity index (χ4n) is 4.50. The maximum absolute atomic E-state index is 13.6. The zero-order valence-corrected chi connectivity index (χ0v) is 19.0. The Labute approximate surface area is 188 Å². The van der Waals surface area contributed by atoms with Gasteiger partial charge in [-0.05, 0) is 37.8 Å². The molecule has 2 fully saturated rings. The number of benzene rings is 1. The molecule has 0 bridgehead atoms. The Morgan fingerprint density at radius 3 is 2.77 bits per heavy atom. The van der Waals surface area contributed by atoms with Gasteiger partial charge in [0, 0.05) is 57.8 Å². The number of halogens is 1. The van der Waals surface area contributed by atoms with Gasteiger partial charge >= 0.3 is 0 Å². The van der Waals surface area contributed by atoms with Crippen molar-refractivity contribution in [3.63, 3.8) is 0 Å². The van der Waals surface area contributed by atoms with E-state index in [1.54, 1.807) is 36.3 Å². The fourth-order valence-corrected chi connectivity index (χ4v) is 4.82. The molecule has 0 aromatic heterocycles. The van der Waals surface area contributed by atoms with Crippen LogP contribution in [-0.4, -0.2) is 73.6 Å². The van der Waals surface area contributed by atoms with Gasteiger partial charge in [0.2, 0.25) is 17.7 Å². The Morgan fingerprint density at radius 2 is 2.13 bits per heavy atom. The van der Waals surface area contributed by atoms with Crippen LogP contribution >= 0.6 is 11.6 Å². The molecular weight excluding hydrogens is 420 g/mol. The zero-order valence-electron chi connectivity index (χ0n) is 18.3. The van der Waals surface area contributed by atoms with Crippen molar-refractivity contribution < 1.29 is 23.9 Å². The minimum Gasteiger partial charge on any atom is -0.385 e. The highest BCUT2D eigenvalue weighted by atomic mass is 35.5. The molecule has 0 radical (unpaired) electrons. The van der Waals surface area contributed by atoms with Gasteiger partial charge in [-0.1, -0.05) is 29.8 Å². The van der Waals surface area contributed by atoms with Gasteiger partial charge in [-0.25, -0.2) is 0 Å². The molecule has 2 heterocycles. The quantitative estimate of drug-likeness (QED) is 0.404. The van der Waals surface area contributed by atoms with Crippen LogP contribution in [0.25, 0.3) is 0 Å². The van der Waals surface area contributed by atoms with E-state index in [1.807, 2.05) is 6.92 Å². The fraction of sp³-hybridized carbons (Fsp3) is 0.609. The first-order chi connectivity index (χ1) is 14.9. The van der Waals surface area contributed by atoms with Gasteiger partial charge in [-0.3, -0.25) is 19.3 Å². The molecule has 2 atom stereocenters. The van der Waals surface area contributed by atoms with Crippen molar-refractivity contribution in [2.75, 3.05) is 40.0 Å². The third kappa shape index (κ3) is 5.10. The lowest BCUT2D eigenvalue weighted by atomic mass is 9.75. The third-order valence-corrected chi connectivity index (χ3v) is 6.49. The predicted octanol–water partition coefficient (Wildman–Crippen LogP) is 2.79. The molecule has 7 nitrogen and oxygen atoms in total. The maximum atomic E-state index is 13.6. The minimum atomic E-state index is -1.29. The highest BCUT2D eigenvalue weighted by molar-refractivity contribution is 6.32. The standard InChI is InChI=1S/C23H31ClN2O5/c1-3-25(16-17-8-6-13-31-17)20(27)14-23(18-9-4-5-10-19(18)24)15-21(28)26(22(23)29)11-7-12-30-2/h4-5,9-10,17H,3,6-8,11-16H2,1-2H3/t17-,23+/m1/s1. The van der Waals surface area contributed by atoms with E-state index < -0.39 is 5.41 Å². The molecule has 0 unspecified atom stereocenters. The minimum absolute atomic E-state index is 0.0200. The van der Waals surface area contributed by atoms with Crippen LogP contribution < -0.4 is 0 Å². The lowest BCUT2D eigenvalue weighted by molar-refractivity contribution is -0.143. The van der Waals surface area contributed by atoms with Gasteiger partial charge in [-0.15, -0.1) is 0 Å². The van der Waals surface area contributed by atoms with E-state index in [9.17, 15) is 14.4 Å². The van der Waals surface area contributed by atoms with E-state index in [1.165, 1.54) is 4.90 Å². The average molecular weight is 451 g/mol. The summed E-state index contributed by atoms with van der Waals surface area (Å²) in [5.41, 5.74) is -0.755. The largest absolute Gasteiger partial charge is 0.385 e. The summed E-state index contributed by atoms with van der Waals surface area (Å²) in [6, 6.07) is 6.99. The van der Waals surface area contributed by atoms with E-state index in [-0.39, 0.29) is 43.2 Å². The summed E-state index contributed by atoms with van der Waals surface area (Å²) in [6.07, 6.45) is 2.31. The smallest absolute Gasteiger partial charge is 0.240 e. The molecule has 3 rings (SSSR count). The lowest BCUT2D eigenvalue weighted by Gasteiger charge is -2.31. The van der Waals surface area contributed by atoms with Crippen molar-refractivity contribution in [3.05, 3.63) is 34.9 Å². The first-order valence-corrected chi connectivity index (χ1v) is 11.3. The molecular formula is C23H31ClN2O5. The zero-order chi connectivity index (χ0) is 22.4. The molecule has 8 heteroatoms. The van der Waals surface area contributed by atoms with Crippen LogP contribution in [0.3, 0.4) is 0 Å². The topological polar surface area (TPSA) is 76.2 Å². The van der Waals surface area contributed by atoms with E-state index in [0.29, 0.717) is 43.3 Å². The maximum Gasteiger partial charge on any atom is 0.240 e. The highest BCUT2D eigenvalue weighted by Crippen LogP contribution is 2.43. The van der Waals surface area contributed by atoms with Crippen LogP contribution in [0.1, 0.15) is 44.6 Å². The van der Waals surface area contributed by atoms with Gasteiger partial charge in [-0.2, -0.15) is 0 Å². The third-order valence-electron chi connectivity index (χ3n) is 6.16. The van der Waals surface area contributed by atoms with E-state index in [4.69, 9.17) is 21.1 Å². The first kappa shape index (κ1) is 23.7. The summed E-state index contributed by atoms with van der Waals surface area (Å²) < 4.78 is 10.7. The van der Waals surface area contributed by atoms with Crippen molar-refractivity contribution in [1.29, 1.82) is 0 Å². The Kier molecular flexibility index (Phi) is 8.08. The van der Waals surface area contributed by atoms with Crippen LogP contribution in [-0.2, 0) is 29.3 Å². The van der Waals surface area contributed by atoms with Crippen LogP contribution in [0.5, 0.6) is 0 Å². The molecule has 2 saturated heterocycles. The predicted molar refractivity (Wildman–Crippen MR) is 117 cm³/mol. The number of carbonyl (C=O) groups is 3. The van der Waals surface area contributed by atoms with Crippen molar-refractivity contribution in [1.82, 2.24) is 9.80 Å². The SMILES string of the molecule is CCN(C[C@H]1CCCO1)C(=O)C[C@@]1(c2ccccc2Cl)CC(=O)N(CCCOC)C1=O. The number of ether oxygens (including phenoxy) is 2. The number of likely N-dealkylation sites (tertiary alicyclic amines) is 1. The highest BCUT2D eigenvalue weighted by Gasteiger charge is 2.54. The van der Waals surface area contributed by atoms with Crippen molar-refractivity contribution in [2.24, 2.45) is 0 Å². The molecule has 1 aromatic rings. The Bertz CT molecular complexity index is 811. The number of carbonyl (C=O) groups excluding carboxylic acids is 3. The van der Waals surface area contributed by atoms with E-state index >= 15 is 0 Å². The van der Waals surface area contributed by atoms with Crippen LogP contribution in [0.2, 0.25) is 5.02 Å². The van der Waals surface area contributed by atoms with Gasteiger partial charge in [0.25, 0.3) is 0 Å². The Balaban J connectivity index is 1.88. The van der Waals surface area contributed by atoms with Crippen LogP contribution in [0.4, 0.5) is 0 Å². The number of hydrogen-bond donors (Lipinski definition) is 0. The molecule has 0 aliphatic carbocycles. The average Bonchev–Trinajstić information content (AvgIpc) is 3.34. The molecule has 2 aliphatic rings. The summed E-state index contributed by atoms with van der Waals surface area (Å²) in [5, 5.41) is 0.386. The molecule has 0 spiro atoms. The number of methoxy groups -OCH3 is 1. The second-order valence-electron chi connectivity index (χ2n) is 8.18. The monoisotopic (exact) mass is 450 g/mol. The molecule has 1 aromatic carbocycles. The number of imide groups is 1. The number of rotatable bonds is 10. The second kappa shape index (κ2) is 10.6.